The first kappa shape index (κ1) is 28.0. The van der Waals surface area contributed by atoms with Gasteiger partial charge in [0.25, 0.3) is 0 Å². The maximum Gasteiger partial charge on any atom is 0.334 e. The van der Waals surface area contributed by atoms with Crippen LogP contribution in [0.4, 0.5) is 0 Å². The zero-order valence-electron chi connectivity index (χ0n) is 23.5. The van der Waals surface area contributed by atoms with Crippen LogP contribution < -0.4 is 0 Å². The van der Waals surface area contributed by atoms with Gasteiger partial charge in [-0.2, -0.15) is 0 Å². The minimum Gasteiger partial charge on any atom is -0.455 e. The van der Waals surface area contributed by atoms with E-state index >= 15 is 0 Å². The number of cyclic esters (lactones) is 1. The summed E-state index contributed by atoms with van der Waals surface area (Å²) in [5.74, 6) is -1.39. The van der Waals surface area contributed by atoms with Crippen molar-refractivity contribution in [1.82, 2.24) is 0 Å². The Morgan fingerprint density at radius 3 is 2.45 bits per heavy atom. The number of carbonyl (C=O) groups excluding carboxylic acids is 2. The molecule has 5 rings (SSSR count). The third kappa shape index (κ3) is 3.04. The van der Waals surface area contributed by atoms with E-state index in [2.05, 4.69) is 0 Å². The van der Waals surface area contributed by atoms with Crippen molar-refractivity contribution in [2.75, 3.05) is 6.61 Å². The fraction of sp³-hybridized carbons (Fsp3) is 0.800. The van der Waals surface area contributed by atoms with Crippen molar-refractivity contribution in [3.05, 3.63) is 23.3 Å². The Morgan fingerprint density at radius 2 is 1.82 bits per heavy atom. The minimum absolute atomic E-state index is 0.100. The first-order valence-electron chi connectivity index (χ1n) is 14.1. The highest BCUT2D eigenvalue weighted by molar-refractivity contribution is 5.97. The van der Waals surface area contributed by atoms with Gasteiger partial charge in [-0.3, -0.25) is 4.79 Å². The predicted octanol–water partition coefficient (Wildman–Crippen LogP) is 2.75. The van der Waals surface area contributed by atoms with Crippen LogP contribution in [0.1, 0.15) is 86.5 Å². The molecule has 38 heavy (non-hydrogen) atoms. The van der Waals surface area contributed by atoms with Gasteiger partial charge in [-0.15, -0.1) is 0 Å². The lowest BCUT2D eigenvalue weighted by Crippen LogP contribution is -2.76. The van der Waals surface area contributed by atoms with E-state index in [-0.39, 0.29) is 31.0 Å². The number of ketones is 1. The zero-order valence-corrected chi connectivity index (χ0v) is 23.5. The topological polar surface area (TPSA) is 134 Å². The summed E-state index contributed by atoms with van der Waals surface area (Å²) >= 11 is 0. The Labute approximate surface area is 225 Å². The Kier molecular flexibility index (Phi) is 6.23. The van der Waals surface area contributed by atoms with Gasteiger partial charge < -0.3 is 29.9 Å². The molecule has 0 unspecified atom stereocenters. The summed E-state index contributed by atoms with van der Waals surface area (Å²) in [6, 6.07) is 0. The summed E-state index contributed by atoms with van der Waals surface area (Å²) in [4.78, 5) is 26.1. The highest BCUT2D eigenvalue weighted by Crippen LogP contribution is 2.71. The largest absolute Gasteiger partial charge is 0.455 e. The van der Waals surface area contributed by atoms with Crippen LogP contribution in [0.25, 0.3) is 0 Å². The molecule has 1 heterocycles. The molecule has 4 N–H and O–H groups in total. The molecule has 0 aromatic carbocycles. The number of esters is 1. The molecule has 0 aromatic rings. The molecular weight excluding hydrogens is 488 g/mol. The second-order valence-electron chi connectivity index (χ2n) is 13.3. The molecule has 10 atom stereocenters. The minimum atomic E-state index is -1.84. The number of ether oxygens (including phenoxy) is 2. The van der Waals surface area contributed by atoms with Crippen molar-refractivity contribution in [2.24, 2.45) is 22.7 Å². The van der Waals surface area contributed by atoms with E-state index in [0.29, 0.717) is 37.9 Å². The van der Waals surface area contributed by atoms with Crippen LogP contribution in [0, 0.1) is 22.7 Å². The monoisotopic (exact) mass is 532 g/mol. The van der Waals surface area contributed by atoms with E-state index < -0.39 is 57.3 Å². The van der Waals surface area contributed by atoms with Gasteiger partial charge in [-0.05, 0) is 91.1 Å². The van der Waals surface area contributed by atoms with Gasteiger partial charge in [0, 0.05) is 24.0 Å². The fourth-order valence-corrected chi connectivity index (χ4v) is 9.49. The van der Waals surface area contributed by atoms with Crippen LogP contribution in [0.15, 0.2) is 23.3 Å². The average molecular weight is 533 g/mol. The molecule has 4 aliphatic carbocycles. The van der Waals surface area contributed by atoms with Crippen LogP contribution in [0.2, 0.25) is 0 Å². The Morgan fingerprint density at radius 1 is 1.13 bits per heavy atom. The van der Waals surface area contributed by atoms with Gasteiger partial charge in [0.2, 0.25) is 0 Å². The maximum atomic E-state index is 13.6. The quantitative estimate of drug-likeness (QED) is 0.406. The number of hydrogen-bond acceptors (Lipinski definition) is 8. The van der Waals surface area contributed by atoms with E-state index in [0.717, 1.165) is 5.57 Å². The van der Waals surface area contributed by atoms with E-state index in [1.165, 1.54) is 6.92 Å². The standard InChI is InChI=1S/C30H44O8/c1-7-37-29-11-8-9-21(31)26(29,5)19-10-12-25(4)28(35,20(19)16-22(29)32)13-14-30(25,36)27(6,34)23-15-17(2)18(3)24(33)38-23/h8-9,19-20,22-23,32,34-36H,7,10-16H2,1-6H3/t19-,20+,22+,23+,25-,26-,27-,28+,29-,30-/m0/s1. The van der Waals surface area contributed by atoms with Crippen LogP contribution in [0.3, 0.4) is 0 Å². The third-order valence-electron chi connectivity index (χ3n) is 12.2. The van der Waals surface area contributed by atoms with Crippen molar-refractivity contribution in [3.63, 3.8) is 0 Å². The van der Waals surface area contributed by atoms with Gasteiger partial charge in [0.05, 0.1) is 17.1 Å². The smallest absolute Gasteiger partial charge is 0.334 e. The van der Waals surface area contributed by atoms with E-state index in [9.17, 15) is 30.0 Å². The van der Waals surface area contributed by atoms with Crippen LogP contribution in [0.5, 0.6) is 0 Å². The zero-order chi connectivity index (χ0) is 28.1. The summed E-state index contributed by atoms with van der Waals surface area (Å²) < 4.78 is 11.9. The molecule has 8 nitrogen and oxygen atoms in total. The Hall–Kier alpha value is -1.58. The molecule has 1 aliphatic heterocycles. The van der Waals surface area contributed by atoms with Crippen LogP contribution >= 0.6 is 0 Å². The van der Waals surface area contributed by atoms with Crippen molar-refractivity contribution >= 4 is 11.8 Å². The van der Waals surface area contributed by atoms with Gasteiger partial charge in [-0.1, -0.05) is 18.6 Å². The first-order chi connectivity index (χ1) is 17.6. The molecular formula is C30H44O8. The molecule has 212 valence electrons. The molecule has 3 fully saturated rings. The number of rotatable bonds is 4. The highest BCUT2D eigenvalue weighted by Gasteiger charge is 2.79. The average Bonchev–Trinajstić information content (AvgIpc) is 3.08. The van der Waals surface area contributed by atoms with Crippen molar-refractivity contribution in [3.8, 4) is 0 Å². The number of aliphatic hydroxyl groups excluding tert-OH is 1. The molecule has 5 aliphatic rings. The summed E-state index contributed by atoms with van der Waals surface area (Å²) in [5.41, 5.74) is -7.05. The summed E-state index contributed by atoms with van der Waals surface area (Å²) in [7, 11) is 0. The van der Waals surface area contributed by atoms with Crippen LogP contribution in [-0.4, -0.2) is 73.4 Å². The Balaban J connectivity index is 1.56. The summed E-state index contributed by atoms with van der Waals surface area (Å²) in [5, 5.41) is 48.5. The molecule has 0 amide bonds. The Bertz CT molecular complexity index is 1110. The molecule has 0 saturated heterocycles. The molecule has 0 aromatic heterocycles. The number of aliphatic hydroxyl groups is 4. The number of allylic oxidation sites excluding steroid dienone is 1. The lowest BCUT2D eigenvalue weighted by Gasteiger charge is -2.67. The van der Waals surface area contributed by atoms with Crippen LogP contribution in [-0.2, 0) is 19.1 Å². The van der Waals surface area contributed by atoms with Crippen molar-refractivity contribution in [1.29, 1.82) is 0 Å². The molecule has 8 heteroatoms. The molecule has 0 radical (unpaired) electrons. The van der Waals surface area contributed by atoms with Crippen molar-refractivity contribution in [2.45, 2.75) is 121 Å². The number of hydrogen-bond donors (Lipinski definition) is 4. The predicted molar refractivity (Wildman–Crippen MR) is 139 cm³/mol. The second-order valence-corrected chi connectivity index (χ2v) is 13.3. The van der Waals surface area contributed by atoms with Gasteiger partial charge in [0.1, 0.15) is 22.9 Å². The van der Waals surface area contributed by atoms with Crippen molar-refractivity contribution < 1.29 is 39.5 Å². The lowest BCUT2D eigenvalue weighted by atomic mass is 9.41. The van der Waals surface area contributed by atoms with E-state index in [4.69, 9.17) is 9.47 Å². The third-order valence-corrected chi connectivity index (χ3v) is 12.2. The summed E-state index contributed by atoms with van der Waals surface area (Å²) in [6.45, 7) is 10.9. The number of fused-ring (bicyclic) bond motifs is 5. The van der Waals surface area contributed by atoms with Gasteiger partial charge in [0.15, 0.2) is 5.78 Å². The lowest BCUT2D eigenvalue weighted by molar-refractivity contribution is -0.305. The van der Waals surface area contributed by atoms with Gasteiger partial charge >= 0.3 is 5.97 Å². The summed E-state index contributed by atoms with van der Waals surface area (Å²) in [6.07, 6.45) is 3.51. The fourth-order valence-electron chi connectivity index (χ4n) is 9.49. The first-order valence-corrected chi connectivity index (χ1v) is 14.1. The SMILES string of the molecule is CCO[C@]12CC=CC(=O)[C@]1(C)[C@H]1CC[C@]3(C)[C@](O)([C@@](C)(O)[C@H]4CC(C)=C(C)C(=O)O4)CC[C@@]3(O)[C@@H]1C[C@H]2O. The number of carbonyl (C=O) groups is 2. The van der Waals surface area contributed by atoms with Gasteiger partial charge in [-0.25, -0.2) is 4.79 Å². The molecule has 0 spiro atoms. The molecule has 3 saturated carbocycles. The highest BCUT2D eigenvalue weighted by atomic mass is 16.6. The maximum absolute atomic E-state index is 13.6. The van der Waals surface area contributed by atoms with E-state index in [1.807, 2.05) is 27.7 Å². The normalized spacial score (nSPS) is 50.2. The molecule has 0 bridgehead atoms. The van der Waals surface area contributed by atoms with E-state index in [1.54, 1.807) is 19.1 Å². The second kappa shape index (κ2) is 8.46.